The van der Waals surface area contributed by atoms with E-state index in [2.05, 4.69) is 10.3 Å². The second-order valence-electron chi connectivity index (χ2n) is 8.73. The molecule has 0 spiro atoms. The molecule has 2 N–H and O–H groups in total. The summed E-state index contributed by atoms with van der Waals surface area (Å²) in [5.41, 5.74) is -1.30. The molecule has 1 aromatic heterocycles. The predicted molar refractivity (Wildman–Crippen MR) is 113 cm³/mol. The second-order valence-corrected chi connectivity index (χ2v) is 8.73. The Morgan fingerprint density at radius 3 is 2.42 bits per heavy atom. The Hall–Kier alpha value is -2.68. The first-order chi connectivity index (χ1) is 15.7. The second kappa shape index (κ2) is 9.67. The molecular formula is C24H26F4N2O3. The molecule has 1 aromatic carbocycles. The van der Waals surface area contributed by atoms with E-state index in [9.17, 15) is 27.5 Å². The number of carbonyl (C=O) groups is 1. The average Bonchev–Trinajstić information content (AvgIpc) is 3.28. The van der Waals surface area contributed by atoms with Crippen molar-refractivity contribution in [2.45, 2.75) is 75.8 Å². The summed E-state index contributed by atoms with van der Waals surface area (Å²) >= 11 is 0. The summed E-state index contributed by atoms with van der Waals surface area (Å²) in [5.74, 6) is -1.41. The third-order valence-corrected chi connectivity index (χ3v) is 6.32. The minimum absolute atomic E-state index is 0.00521. The van der Waals surface area contributed by atoms with Gasteiger partial charge in [-0.1, -0.05) is 12.8 Å². The van der Waals surface area contributed by atoms with Crippen molar-refractivity contribution in [2.75, 3.05) is 0 Å². The van der Waals surface area contributed by atoms with Crippen molar-refractivity contribution in [3.63, 3.8) is 0 Å². The van der Waals surface area contributed by atoms with E-state index in [0.717, 1.165) is 44.6 Å². The molecule has 2 fully saturated rings. The van der Waals surface area contributed by atoms with Crippen LogP contribution < -0.4 is 10.1 Å². The number of amides is 1. The molecular weight excluding hydrogens is 440 g/mol. The Morgan fingerprint density at radius 1 is 1.03 bits per heavy atom. The number of alkyl halides is 3. The van der Waals surface area contributed by atoms with E-state index in [0.29, 0.717) is 25.0 Å². The normalized spacial score (nSPS) is 21.7. The standard InChI is InChI=1S/C24H26F4N2O3/c25-19-10-9-15(24(26,27)28)12-17(19)18-11-14(13-29-23(18)33-16-5-1-2-6-16)22(32)30-20-7-3-4-8-21(20)31/h9-13,16,20-21,31H,1-8H2,(H,30,32)/t20?,21-/m1/s1. The average molecular weight is 466 g/mol. The Kier molecular flexibility index (Phi) is 6.88. The van der Waals surface area contributed by atoms with E-state index >= 15 is 0 Å². The largest absolute Gasteiger partial charge is 0.474 e. The van der Waals surface area contributed by atoms with Crippen molar-refractivity contribution in [1.82, 2.24) is 10.3 Å². The maximum absolute atomic E-state index is 14.7. The lowest BCUT2D eigenvalue weighted by molar-refractivity contribution is -0.137. The summed E-state index contributed by atoms with van der Waals surface area (Å²) in [5, 5.41) is 12.9. The SMILES string of the molecule is O=C(NC1CCCC[C@H]1O)c1cnc(OC2CCCC2)c(-c2cc(C(F)(F)F)ccc2F)c1. The van der Waals surface area contributed by atoms with Crippen molar-refractivity contribution < 1.29 is 32.2 Å². The van der Waals surface area contributed by atoms with Crippen LogP contribution in [0.4, 0.5) is 17.6 Å². The monoisotopic (exact) mass is 466 g/mol. The molecule has 178 valence electrons. The molecule has 9 heteroatoms. The van der Waals surface area contributed by atoms with Gasteiger partial charge in [-0.15, -0.1) is 0 Å². The molecule has 4 rings (SSSR count). The van der Waals surface area contributed by atoms with Gasteiger partial charge in [-0.3, -0.25) is 4.79 Å². The van der Waals surface area contributed by atoms with E-state index in [1.54, 1.807) is 0 Å². The van der Waals surface area contributed by atoms with Crippen molar-refractivity contribution >= 4 is 5.91 Å². The van der Waals surface area contributed by atoms with E-state index in [4.69, 9.17) is 4.74 Å². The maximum atomic E-state index is 14.7. The molecule has 1 amide bonds. The number of pyridine rings is 1. The van der Waals surface area contributed by atoms with Gasteiger partial charge in [-0.2, -0.15) is 13.2 Å². The third-order valence-electron chi connectivity index (χ3n) is 6.32. The van der Waals surface area contributed by atoms with Crippen molar-refractivity contribution in [3.8, 4) is 17.0 Å². The number of benzene rings is 1. The van der Waals surface area contributed by atoms with E-state index in [1.807, 2.05) is 0 Å². The first-order valence-corrected chi connectivity index (χ1v) is 11.2. The zero-order chi connectivity index (χ0) is 23.6. The molecule has 2 saturated carbocycles. The number of ether oxygens (including phenoxy) is 1. The van der Waals surface area contributed by atoms with Crippen LogP contribution in [0, 0.1) is 5.82 Å². The Bertz CT molecular complexity index is 1010. The summed E-state index contributed by atoms with van der Waals surface area (Å²) in [6.07, 6.45) is 2.19. The summed E-state index contributed by atoms with van der Waals surface area (Å²) in [4.78, 5) is 17.0. The van der Waals surface area contributed by atoms with Crippen LogP contribution >= 0.6 is 0 Å². The number of aliphatic hydroxyl groups is 1. The number of nitrogens with one attached hydrogen (secondary N) is 1. The molecule has 2 aliphatic carbocycles. The molecule has 0 aliphatic heterocycles. The molecule has 2 aliphatic rings. The lowest BCUT2D eigenvalue weighted by Crippen LogP contribution is -2.45. The molecule has 33 heavy (non-hydrogen) atoms. The summed E-state index contributed by atoms with van der Waals surface area (Å²) in [7, 11) is 0. The van der Waals surface area contributed by atoms with Gasteiger partial charge in [0.2, 0.25) is 5.88 Å². The molecule has 0 radical (unpaired) electrons. The lowest BCUT2D eigenvalue weighted by Gasteiger charge is -2.28. The van der Waals surface area contributed by atoms with Crippen molar-refractivity contribution in [3.05, 3.63) is 47.4 Å². The quantitative estimate of drug-likeness (QED) is 0.590. The van der Waals surface area contributed by atoms with Crippen LogP contribution in [0.5, 0.6) is 5.88 Å². The molecule has 1 heterocycles. The highest BCUT2D eigenvalue weighted by molar-refractivity contribution is 5.95. The van der Waals surface area contributed by atoms with Crippen LogP contribution in [-0.2, 0) is 6.18 Å². The number of hydrogen-bond acceptors (Lipinski definition) is 4. The van der Waals surface area contributed by atoms with Crippen LogP contribution in [0.3, 0.4) is 0 Å². The first-order valence-electron chi connectivity index (χ1n) is 11.2. The van der Waals surface area contributed by atoms with Gasteiger partial charge >= 0.3 is 6.18 Å². The van der Waals surface area contributed by atoms with Gasteiger partial charge in [0, 0.05) is 17.3 Å². The van der Waals surface area contributed by atoms with Gasteiger partial charge in [0.25, 0.3) is 5.91 Å². The zero-order valence-electron chi connectivity index (χ0n) is 18.0. The summed E-state index contributed by atoms with van der Waals surface area (Å²) < 4.78 is 60.5. The fourth-order valence-electron chi connectivity index (χ4n) is 4.47. The zero-order valence-corrected chi connectivity index (χ0v) is 18.0. The van der Waals surface area contributed by atoms with Crippen molar-refractivity contribution in [2.24, 2.45) is 0 Å². The van der Waals surface area contributed by atoms with Gasteiger partial charge in [-0.25, -0.2) is 9.37 Å². The summed E-state index contributed by atoms with van der Waals surface area (Å²) in [6, 6.07) is 3.02. The van der Waals surface area contributed by atoms with Gasteiger partial charge in [0.15, 0.2) is 0 Å². The highest BCUT2D eigenvalue weighted by Gasteiger charge is 2.32. The number of carbonyl (C=O) groups excluding carboxylic acids is 1. The van der Waals surface area contributed by atoms with E-state index in [-0.39, 0.29) is 28.7 Å². The number of rotatable bonds is 5. The Labute approximate surface area is 189 Å². The predicted octanol–water partition coefficient (Wildman–Crippen LogP) is 5.26. The Balaban J connectivity index is 1.70. The third kappa shape index (κ3) is 5.46. The number of halogens is 4. The van der Waals surface area contributed by atoms with Gasteiger partial charge in [0.1, 0.15) is 11.9 Å². The number of aliphatic hydroxyl groups excluding tert-OH is 1. The van der Waals surface area contributed by atoms with Gasteiger partial charge in [-0.05, 0) is 62.8 Å². The van der Waals surface area contributed by atoms with Crippen molar-refractivity contribution in [1.29, 1.82) is 0 Å². The first kappa shape index (κ1) is 23.5. The highest BCUT2D eigenvalue weighted by atomic mass is 19.4. The van der Waals surface area contributed by atoms with Crippen LogP contribution in [0.1, 0.15) is 67.3 Å². The number of hydrogen-bond donors (Lipinski definition) is 2. The van der Waals surface area contributed by atoms with E-state index in [1.165, 1.54) is 12.3 Å². The highest BCUT2D eigenvalue weighted by Crippen LogP contribution is 2.38. The fourth-order valence-corrected chi connectivity index (χ4v) is 4.47. The molecule has 2 aromatic rings. The minimum Gasteiger partial charge on any atom is -0.474 e. The van der Waals surface area contributed by atoms with Crippen LogP contribution in [0.2, 0.25) is 0 Å². The van der Waals surface area contributed by atoms with Gasteiger partial charge in [0.05, 0.1) is 23.3 Å². The number of nitrogens with zero attached hydrogens (tertiary/aromatic N) is 1. The molecule has 0 saturated heterocycles. The smallest absolute Gasteiger partial charge is 0.416 e. The Morgan fingerprint density at radius 2 is 1.73 bits per heavy atom. The minimum atomic E-state index is -4.66. The van der Waals surface area contributed by atoms with Gasteiger partial charge < -0.3 is 15.2 Å². The topological polar surface area (TPSA) is 71.5 Å². The lowest BCUT2D eigenvalue weighted by atomic mass is 9.92. The van der Waals surface area contributed by atoms with Crippen LogP contribution in [0.15, 0.2) is 30.5 Å². The number of aromatic nitrogens is 1. The molecule has 1 unspecified atom stereocenters. The maximum Gasteiger partial charge on any atom is 0.416 e. The molecule has 5 nitrogen and oxygen atoms in total. The molecule has 2 atom stereocenters. The summed E-state index contributed by atoms with van der Waals surface area (Å²) in [6.45, 7) is 0. The van der Waals surface area contributed by atoms with Crippen LogP contribution in [0.25, 0.3) is 11.1 Å². The fraction of sp³-hybridized carbons (Fsp3) is 0.500. The molecule has 0 bridgehead atoms. The van der Waals surface area contributed by atoms with Crippen LogP contribution in [-0.4, -0.2) is 34.2 Å². The van der Waals surface area contributed by atoms with E-state index < -0.39 is 35.6 Å².